The summed E-state index contributed by atoms with van der Waals surface area (Å²) < 4.78 is 10.9. The van der Waals surface area contributed by atoms with Crippen LogP contribution in [0, 0.1) is 0 Å². The van der Waals surface area contributed by atoms with Crippen molar-refractivity contribution in [2.24, 2.45) is 0 Å². The predicted octanol–water partition coefficient (Wildman–Crippen LogP) is -0.826. The van der Waals surface area contributed by atoms with Gasteiger partial charge in [-0.3, -0.25) is 4.79 Å². The fourth-order valence-corrected chi connectivity index (χ4v) is 3.45. The highest BCUT2D eigenvalue weighted by Gasteiger charge is 2.24. The molecule has 1 heterocycles. The summed E-state index contributed by atoms with van der Waals surface area (Å²) >= 11 is 0. The van der Waals surface area contributed by atoms with Crippen LogP contribution in [0.15, 0.2) is 54.6 Å². The number of rotatable bonds is 9. The summed E-state index contributed by atoms with van der Waals surface area (Å²) in [5, 5.41) is 3.02. The molecule has 2 aromatic carbocycles. The normalized spacial score (nSPS) is 19.0. The van der Waals surface area contributed by atoms with Crippen LogP contribution in [0.4, 0.5) is 0 Å². The Hall–Kier alpha value is -2.57. The fourth-order valence-electron chi connectivity index (χ4n) is 3.45. The summed E-state index contributed by atoms with van der Waals surface area (Å²) in [5.74, 6) is 1.87. The van der Waals surface area contributed by atoms with Crippen LogP contribution >= 0.6 is 0 Å². The van der Waals surface area contributed by atoms with Crippen molar-refractivity contribution in [2.45, 2.75) is 6.54 Å². The maximum atomic E-state index is 12.2. The molecule has 0 atom stereocenters. The number of amides is 1. The van der Waals surface area contributed by atoms with Gasteiger partial charge in [0.1, 0.15) is 50.8 Å². The van der Waals surface area contributed by atoms with E-state index in [0.717, 1.165) is 56.4 Å². The summed E-state index contributed by atoms with van der Waals surface area (Å²) in [6.45, 7) is 7.06. The van der Waals surface area contributed by atoms with Crippen LogP contribution in [0.3, 0.4) is 0 Å². The molecule has 0 aliphatic carbocycles. The monoisotopic (exact) mass is 385 g/mol. The van der Waals surface area contributed by atoms with Gasteiger partial charge in [0.2, 0.25) is 0 Å². The highest BCUT2D eigenvalue weighted by molar-refractivity contribution is 5.76. The molecule has 0 bridgehead atoms. The van der Waals surface area contributed by atoms with Crippen molar-refractivity contribution in [3.8, 4) is 11.5 Å². The molecule has 0 unspecified atom stereocenters. The molecule has 1 saturated heterocycles. The highest BCUT2D eigenvalue weighted by atomic mass is 16.5. The molecule has 0 saturated carbocycles. The molecule has 3 N–H and O–H groups in total. The van der Waals surface area contributed by atoms with E-state index < -0.39 is 0 Å². The number of hydrogen-bond donors (Lipinski definition) is 3. The second-order valence-electron chi connectivity index (χ2n) is 7.21. The Labute approximate surface area is 167 Å². The third-order valence-electron chi connectivity index (χ3n) is 5.19. The van der Waals surface area contributed by atoms with Crippen LogP contribution in [0.2, 0.25) is 0 Å². The fraction of sp³-hybridized carbons (Fsp3) is 0.409. The number of hydrogen-bond acceptors (Lipinski definition) is 3. The van der Waals surface area contributed by atoms with E-state index in [1.165, 1.54) is 4.90 Å². The van der Waals surface area contributed by atoms with Crippen LogP contribution < -0.4 is 24.6 Å². The number of methoxy groups -OCH3 is 1. The van der Waals surface area contributed by atoms with Crippen LogP contribution in [0.25, 0.3) is 0 Å². The van der Waals surface area contributed by atoms with Gasteiger partial charge in [-0.1, -0.05) is 30.3 Å². The van der Waals surface area contributed by atoms with E-state index in [0.29, 0.717) is 13.1 Å². The summed E-state index contributed by atoms with van der Waals surface area (Å²) in [6.07, 6.45) is 0. The van der Waals surface area contributed by atoms with Crippen molar-refractivity contribution in [3.63, 3.8) is 0 Å². The molecular weight excluding hydrogens is 354 g/mol. The molecule has 0 spiro atoms. The van der Waals surface area contributed by atoms with E-state index in [-0.39, 0.29) is 5.91 Å². The van der Waals surface area contributed by atoms with E-state index in [2.05, 4.69) is 5.32 Å². The highest BCUT2D eigenvalue weighted by Crippen LogP contribution is 2.10. The Kier molecular flexibility index (Phi) is 7.70. The Balaban J connectivity index is 1.29. The number of benzene rings is 2. The molecule has 2 aromatic rings. The molecular formula is C22H31N3O3+2. The Morgan fingerprint density at radius 1 is 0.929 bits per heavy atom. The average molecular weight is 386 g/mol. The third kappa shape index (κ3) is 6.55. The molecule has 3 rings (SSSR count). The van der Waals surface area contributed by atoms with Crippen LogP contribution in [0.5, 0.6) is 11.5 Å². The second kappa shape index (κ2) is 10.7. The number of quaternary nitrogens is 2. The zero-order valence-electron chi connectivity index (χ0n) is 16.6. The largest absolute Gasteiger partial charge is 0.497 e. The summed E-state index contributed by atoms with van der Waals surface area (Å²) in [6, 6.07) is 17.7. The Bertz CT molecular complexity index is 714. The first-order valence-electron chi connectivity index (χ1n) is 9.97. The second-order valence-corrected chi connectivity index (χ2v) is 7.21. The van der Waals surface area contributed by atoms with Gasteiger partial charge in [0, 0.05) is 6.54 Å². The first kappa shape index (κ1) is 20.2. The minimum absolute atomic E-state index is 0.113. The zero-order chi connectivity index (χ0) is 19.6. The lowest BCUT2D eigenvalue weighted by molar-refractivity contribution is -1.01. The molecule has 1 aliphatic rings. The topological polar surface area (TPSA) is 56.4 Å². The minimum atomic E-state index is 0.113. The lowest BCUT2D eigenvalue weighted by atomic mass is 10.2. The van der Waals surface area contributed by atoms with Gasteiger partial charge in [0.25, 0.3) is 5.91 Å². The molecule has 1 aliphatic heterocycles. The zero-order valence-corrected chi connectivity index (χ0v) is 16.6. The van der Waals surface area contributed by atoms with Gasteiger partial charge < -0.3 is 24.6 Å². The van der Waals surface area contributed by atoms with Crippen molar-refractivity contribution in [2.75, 3.05) is 53.0 Å². The molecule has 0 radical (unpaired) electrons. The lowest BCUT2D eigenvalue weighted by Crippen LogP contribution is -3.28. The predicted molar refractivity (Wildman–Crippen MR) is 108 cm³/mol. The van der Waals surface area contributed by atoms with Crippen LogP contribution in [0.1, 0.15) is 5.56 Å². The van der Waals surface area contributed by atoms with Crippen molar-refractivity contribution in [1.29, 1.82) is 0 Å². The van der Waals surface area contributed by atoms with Crippen molar-refractivity contribution in [3.05, 3.63) is 60.2 Å². The van der Waals surface area contributed by atoms with Crippen molar-refractivity contribution in [1.82, 2.24) is 5.32 Å². The van der Waals surface area contributed by atoms with Crippen LogP contribution in [-0.2, 0) is 11.3 Å². The quantitative estimate of drug-likeness (QED) is 0.528. The van der Waals surface area contributed by atoms with E-state index >= 15 is 0 Å². The van der Waals surface area contributed by atoms with Gasteiger partial charge in [0.05, 0.1) is 7.11 Å². The molecule has 1 fully saturated rings. The standard InChI is InChI=1S/C22H29N3O3/c1-27-20-9-7-19(8-10-20)17-23-22(26)18-25-13-11-24(12-14-25)15-16-28-21-5-3-2-4-6-21/h2-10H,11-18H2,1H3,(H,23,26)/p+2. The van der Waals surface area contributed by atoms with Gasteiger partial charge in [-0.15, -0.1) is 0 Å². The molecule has 1 amide bonds. The lowest BCUT2D eigenvalue weighted by Gasteiger charge is -2.29. The SMILES string of the molecule is COc1ccc(CNC(=O)C[NH+]2CC[NH+](CCOc3ccccc3)CC2)cc1. The van der Waals surface area contributed by atoms with Gasteiger partial charge in [-0.05, 0) is 29.8 Å². The number of carbonyl (C=O) groups excluding carboxylic acids is 1. The maximum absolute atomic E-state index is 12.2. The minimum Gasteiger partial charge on any atom is -0.497 e. The smallest absolute Gasteiger partial charge is 0.275 e. The number of carbonyl (C=O) groups is 1. The summed E-state index contributed by atoms with van der Waals surface area (Å²) in [4.78, 5) is 15.1. The summed E-state index contributed by atoms with van der Waals surface area (Å²) in [7, 11) is 1.65. The molecule has 6 heteroatoms. The summed E-state index contributed by atoms with van der Waals surface area (Å²) in [5.41, 5.74) is 1.08. The van der Waals surface area contributed by atoms with E-state index in [9.17, 15) is 4.79 Å². The number of piperazine rings is 1. The Morgan fingerprint density at radius 3 is 2.29 bits per heavy atom. The number of para-hydroxylation sites is 1. The molecule has 28 heavy (non-hydrogen) atoms. The van der Waals surface area contributed by atoms with E-state index in [1.807, 2.05) is 54.6 Å². The third-order valence-corrected chi connectivity index (χ3v) is 5.19. The number of nitrogens with one attached hydrogen (secondary N) is 3. The van der Waals surface area contributed by atoms with E-state index in [1.54, 1.807) is 12.0 Å². The van der Waals surface area contributed by atoms with Crippen LogP contribution in [-0.4, -0.2) is 58.9 Å². The first-order valence-corrected chi connectivity index (χ1v) is 9.97. The first-order chi connectivity index (χ1) is 13.7. The average Bonchev–Trinajstić information content (AvgIpc) is 2.75. The van der Waals surface area contributed by atoms with Gasteiger partial charge in [-0.2, -0.15) is 0 Å². The maximum Gasteiger partial charge on any atom is 0.275 e. The number of ether oxygens (including phenoxy) is 2. The van der Waals surface area contributed by atoms with Gasteiger partial charge in [0.15, 0.2) is 6.54 Å². The van der Waals surface area contributed by atoms with Gasteiger partial charge in [-0.25, -0.2) is 0 Å². The Morgan fingerprint density at radius 2 is 1.61 bits per heavy atom. The molecule has 6 nitrogen and oxygen atoms in total. The van der Waals surface area contributed by atoms with Gasteiger partial charge >= 0.3 is 0 Å². The van der Waals surface area contributed by atoms with Crippen molar-refractivity contribution < 1.29 is 24.1 Å². The molecule has 150 valence electrons. The van der Waals surface area contributed by atoms with Crippen molar-refractivity contribution >= 4 is 5.91 Å². The molecule has 0 aromatic heterocycles. The van der Waals surface area contributed by atoms with E-state index in [4.69, 9.17) is 9.47 Å².